The number of rotatable bonds is 2. The molecule has 3 N–H and O–H groups in total. The lowest BCUT2D eigenvalue weighted by Gasteiger charge is -2.44. The second-order valence-electron chi connectivity index (χ2n) is 9.86. The highest BCUT2D eigenvalue weighted by Crippen LogP contribution is 2.78. The molecule has 0 amide bonds. The number of aliphatic hydroxyl groups excluding tert-OH is 2. The minimum absolute atomic E-state index is 0.0609. The maximum absolute atomic E-state index is 13.1. The Morgan fingerprint density at radius 2 is 2.07 bits per heavy atom. The van der Waals surface area contributed by atoms with Gasteiger partial charge in [-0.25, -0.2) is 0 Å². The van der Waals surface area contributed by atoms with E-state index in [1.807, 2.05) is 0 Å². The van der Waals surface area contributed by atoms with Crippen molar-refractivity contribution in [2.24, 2.45) is 34.5 Å². The highest BCUT2D eigenvalue weighted by Gasteiger charge is 2.84. The van der Waals surface area contributed by atoms with Gasteiger partial charge in [0.05, 0.1) is 36.8 Å². The van der Waals surface area contributed by atoms with Gasteiger partial charge in [0.15, 0.2) is 0 Å². The van der Waals surface area contributed by atoms with E-state index in [1.54, 1.807) is 6.92 Å². The van der Waals surface area contributed by atoms with E-state index >= 15 is 0 Å². The number of carbonyl (C=O) groups excluding carboxylic acids is 2. The van der Waals surface area contributed by atoms with Crippen LogP contribution in [-0.2, 0) is 19.1 Å². The molecule has 7 nitrogen and oxygen atoms in total. The van der Waals surface area contributed by atoms with Crippen molar-refractivity contribution in [2.45, 2.75) is 62.8 Å². The first kappa shape index (κ1) is 17.9. The van der Waals surface area contributed by atoms with Crippen molar-refractivity contribution in [1.82, 2.24) is 0 Å². The number of esters is 2. The Labute approximate surface area is 158 Å². The average Bonchev–Trinajstić information content (AvgIpc) is 3.10. The van der Waals surface area contributed by atoms with Gasteiger partial charge in [0.1, 0.15) is 5.60 Å². The minimum Gasteiger partial charge on any atom is -0.469 e. The van der Waals surface area contributed by atoms with Gasteiger partial charge >= 0.3 is 11.9 Å². The Morgan fingerprint density at radius 3 is 2.74 bits per heavy atom. The first-order valence-corrected chi connectivity index (χ1v) is 10.0. The summed E-state index contributed by atoms with van der Waals surface area (Å²) in [5.74, 6) is -2.03. The highest BCUT2D eigenvalue weighted by atomic mass is 16.6. The lowest BCUT2D eigenvalue weighted by atomic mass is 9.59. The van der Waals surface area contributed by atoms with Gasteiger partial charge in [-0.05, 0) is 56.8 Å². The third-order valence-corrected chi connectivity index (χ3v) is 9.19. The lowest BCUT2D eigenvalue weighted by Crippen LogP contribution is -2.53. The van der Waals surface area contributed by atoms with Crippen molar-refractivity contribution < 1.29 is 34.4 Å². The van der Waals surface area contributed by atoms with E-state index in [-0.39, 0.29) is 18.4 Å². The van der Waals surface area contributed by atoms with Crippen molar-refractivity contribution in [2.75, 3.05) is 13.7 Å². The Hall–Kier alpha value is -1.18. The summed E-state index contributed by atoms with van der Waals surface area (Å²) in [5.41, 5.74) is -3.70. The van der Waals surface area contributed by atoms with Crippen LogP contribution in [0.1, 0.15) is 45.4 Å². The van der Waals surface area contributed by atoms with E-state index in [2.05, 4.69) is 0 Å². The summed E-state index contributed by atoms with van der Waals surface area (Å²) in [6, 6.07) is 0. The monoisotopic (exact) mass is 380 g/mol. The molecule has 1 heterocycles. The smallest absolute Gasteiger partial charge is 0.315 e. The number of fused-ring (bicyclic) bond motifs is 1. The second-order valence-corrected chi connectivity index (χ2v) is 9.86. The molecule has 0 radical (unpaired) electrons. The molecular formula is C20H28O7. The summed E-state index contributed by atoms with van der Waals surface area (Å²) in [6.45, 7) is 1.39. The van der Waals surface area contributed by atoms with Crippen molar-refractivity contribution in [1.29, 1.82) is 0 Å². The number of carbonyl (C=O) groups is 2. The molecule has 5 rings (SSSR count). The molecule has 1 aliphatic heterocycles. The number of hydrogen-bond acceptors (Lipinski definition) is 7. The van der Waals surface area contributed by atoms with E-state index in [1.165, 1.54) is 7.11 Å². The first-order valence-electron chi connectivity index (χ1n) is 10.0. The van der Waals surface area contributed by atoms with Gasteiger partial charge in [-0.3, -0.25) is 9.59 Å². The van der Waals surface area contributed by atoms with Gasteiger partial charge in [-0.1, -0.05) is 0 Å². The van der Waals surface area contributed by atoms with Gasteiger partial charge in [0.2, 0.25) is 0 Å². The summed E-state index contributed by atoms with van der Waals surface area (Å²) < 4.78 is 11.2. The molecule has 9 atom stereocenters. The highest BCUT2D eigenvalue weighted by molar-refractivity contribution is 5.85. The molecule has 5 fully saturated rings. The molecule has 1 saturated heterocycles. The zero-order chi connectivity index (χ0) is 19.4. The normalized spacial score (nSPS) is 57.8. The number of ether oxygens (including phenoxy) is 2. The summed E-state index contributed by atoms with van der Waals surface area (Å²) in [6.07, 6.45) is 2.56. The molecule has 4 bridgehead atoms. The van der Waals surface area contributed by atoms with Crippen LogP contribution >= 0.6 is 0 Å². The maximum Gasteiger partial charge on any atom is 0.315 e. The predicted octanol–water partition coefficient (Wildman–Crippen LogP) is 0.392. The molecule has 150 valence electrons. The van der Waals surface area contributed by atoms with Crippen LogP contribution in [-0.4, -0.2) is 58.3 Å². The third kappa shape index (κ3) is 1.71. The summed E-state index contributed by atoms with van der Waals surface area (Å²) >= 11 is 0. The number of aliphatic hydroxyl groups is 3. The Morgan fingerprint density at radius 1 is 1.33 bits per heavy atom. The third-order valence-electron chi connectivity index (χ3n) is 9.19. The van der Waals surface area contributed by atoms with Crippen molar-refractivity contribution >= 4 is 11.9 Å². The largest absolute Gasteiger partial charge is 0.469 e. The van der Waals surface area contributed by atoms with Crippen LogP contribution in [0.25, 0.3) is 0 Å². The van der Waals surface area contributed by atoms with Gasteiger partial charge in [-0.15, -0.1) is 0 Å². The Kier molecular flexibility index (Phi) is 3.34. The van der Waals surface area contributed by atoms with Crippen LogP contribution in [0.5, 0.6) is 0 Å². The molecule has 4 saturated carbocycles. The molecule has 1 spiro atoms. The molecule has 0 aromatic rings. The standard InChI is InChI=1S/C20H28O7/c1-17-12(22)5-6-20(27-16(17)24)11-4-3-10-7-18(11,8-19(10,25)9-21)13(14(17)20)15(23)26-2/h10-14,21-22,25H,3-9H2,1-2H3/t10-,11-,12+,13-,14-,17-,18-,19+,20-/m1/s1. The van der Waals surface area contributed by atoms with Gasteiger partial charge < -0.3 is 24.8 Å². The summed E-state index contributed by atoms with van der Waals surface area (Å²) in [4.78, 5) is 26.0. The van der Waals surface area contributed by atoms with Crippen LogP contribution in [0.2, 0.25) is 0 Å². The predicted molar refractivity (Wildman–Crippen MR) is 91.1 cm³/mol. The first-order chi connectivity index (χ1) is 12.7. The maximum atomic E-state index is 13.1. The zero-order valence-corrected chi connectivity index (χ0v) is 15.8. The van der Waals surface area contributed by atoms with Crippen LogP contribution in [0, 0.1) is 34.5 Å². The average molecular weight is 380 g/mol. The number of hydrogen-bond donors (Lipinski definition) is 3. The summed E-state index contributed by atoms with van der Waals surface area (Å²) in [5, 5.41) is 31.7. The molecule has 27 heavy (non-hydrogen) atoms. The van der Waals surface area contributed by atoms with Crippen LogP contribution in [0.15, 0.2) is 0 Å². The van der Waals surface area contributed by atoms with Crippen LogP contribution in [0.4, 0.5) is 0 Å². The molecular weight excluding hydrogens is 352 g/mol. The van der Waals surface area contributed by atoms with E-state index in [9.17, 15) is 24.9 Å². The quantitative estimate of drug-likeness (QED) is 0.594. The molecule has 0 unspecified atom stereocenters. The molecule has 5 aliphatic rings. The SMILES string of the molecule is COC(=O)[C@H]1[C@H]2[C@@]3(CC[C@H](O)[C@@]2(C)C(=O)O3)[C@@H]2CC[C@@H]3C[C@@]21C[C@]3(O)CO. The molecule has 4 aliphatic carbocycles. The van der Waals surface area contributed by atoms with E-state index < -0.39 is 51.9 Å². The Bertz CT molecular complexity index is 723. The topological polar surface area (TPSA) is 113 Å². The van der Waals surface area contributed by atoms with E-state index in [0.29, 0.717) is 25.7 Å². The summed E-state index contributed by atoms with van der Waals surface area (Å²) in [7, 11) is 1.35. The van der Waals surface area contributed by atoms with Crippen molar-refractivity contribution in [3.05, 3.63) is 0 Å². The van der Waals surface area contributed by atoms with Crippen LogP contribution < -0.4 is 0 Å². The molecule has 0 aromatic carbocycles. The fraction of sp³-hybridized carbons (Fsp3) is 0.900. The van der Waals surface area contributed by atoms with Gasteiger partial charge in [0.25, 0.3) is 0 Å². The number of methoxy groups -OCH3 is 1. The molecule has 7 heteroatoms. The molecule has 0 aromatic heterocycles. The van der Waals surface area contributed by atoms with E-state index in [4.69, 9.17) is 9.47 Å². The fourth-order valence-corrected chi connectivity index (χ4v) is 8.21. The zero-order valence-electron chi connectivity index (χ0n) is 15.8. The second kappa shape index (κ2) is 5.05. The van der Waals surface area contributed by atoms with Crippen LogP contribution in [0.3, 0.4) is 0 Å². The fourth-order valence-electron chi connectivity index (χ4n) is 8.21. The van der Waals surface area contributed by atoms with Crippen molar-refractivity contribution in [3.8, 4) is 0 Å². The van der Waals surface area contributed by atoms with Crippen molar-refractivity contribution in [3.63, 3.8) is 0 Å². The lowest BCUT2D eigenvalue weighted by molar-refractivity contribution is -0.163. The van der Waals surface area contributed by atoms with E-state index in [0.717, 1.165) is 12.8 Å². The minimum atomic E-state index is -1.21. The Balaban J connectivity index is 1.73. The van der Waals surface area contributed by atoms with Gasteiger partial charge in [-0.2, -0.15) is 0 Å². The van der Waals surface area contributed by atoms with Gasteiger partial charge in [0, 0.05) is 11.8 Å².